The van der Waals surface area contributed by atoms with Crippen LogP contribution in [0, 0.1) is 0 Å². The standard InChI is InChI=1S/C17H18N4OS/c22-17(20-14-10-18-16(19-11-14)13-3-4-13)21-7-5-12(6-8-21)15-2-1-9-23-15/h1-2,5,9-11,13H,3-4,6-8H2,(H,20,22). The monoisotopic (exact) mass is 326 g/mol. The summed E-state index contributed by atoms with van der Waals surface area (Å²) in [6.07, 6.45) is 8.80. The number of urea groups is 1. The van der Waals surface area contributed by atoms with E-state index in [1.165, 1.54) is 23.3 Å². The molecule has 0 spiro atoms. The number of hydrogen-bond acceptors (Lipinski definition) is 4. The highest BCUT2D eigenvalue weighted by Crippen LogP contribution is 2.37. The van der Waals surface area contributed by atoms with Gasteiger partial charge in [0.1, 0.15) is 5.82 Å². The van der Waals surface area contributed by atoms with Crippen LogP contribution in [0.4, 0.5) is 10.5 Å². The van der Waals surface area contributed by atoms with Crippen molar-refractivity contribution in [1.29, 1.82) is 0 Å². The van der Waals surface area contributed by atoms with Crippen molar-refractivity contribution in [3.05, 3.63) is 46.7 Å². The number of thiophene rings is 1. The second kappa shape index (κ2) is 6.12. The van der Waals surface area contributed by atoms with E-state index >= 15 is 0 Å². The molecule has 2 amide bonds. The largest absolute Gasteiger partial charge is 0.322 e. The van der Waals surface area contributed by atoms with Gasteiger partial charge in [-0.1, -0.05) is 12.1 Å². The summed E-state index contributed by atoms with van der Waals surface area (Å²) in [4.78, 5) is 24.1. The number of anilines is 1. The van der Waals surface area contributed by atoms with Gasteiger partial charge in [0, 0.05) is 23.9 Å². The zero-order chi connectivity index (χ0) is 15.6. The van der Waals surface area contributed by atoms with Gasteiger partial charge < -0.3 is 10.2 Å². The van der Waals surface area contributed by atoms with Crippen LogP contribution < -0.4 is 5.32 Å². The van der Waals surface area contributed by atoms with Crippen molar-refractivity contribution in [2.24, 2.45) is 0 Å². The molecule has 2 aromatic heterocycles. The molecule has 6 heteroatoms. The number of rotatable bonds is 3. The predicted octanol–water partition coefficient (Wildman–Crippen LogP) is 3.74. The Bertz CT molecular complexity index is 720. The van der Waals surface area contributed by atoms with Crippen molar-refractivity contribution < 1.29 is 4.79 Å². The summed E-state index contributed by atoms with van der Waals surface area (Å²) in [6, 6.07) is 4.10. The highest BCUT2D eigenvalue weighted by Gasteiger charge is 2.26. The number of hydrogen-bond donors (Lipinski definition) is 1. The summed E-state index contributed by atoms with van der Waals surface area (Å²) in [5, 5.41) is 4.97. The summed E-state index contributed by atoms with van der Waals surface area (Å²) < 4.78 is 0. The van der Waals surface area contributed by atoms with Crippen molar-refractivity contribution >= 4 is 28.6 Å². The summed E-state index contributed by atoms with van der Waals surface area (Å²) in [6.45, 7) is 1.37. The van der Waals surface area contributed by atoms with Crippen LogP contribution in [0.5, 0.6) is 0 Å². The quantitative estimate of drug-likeness (QED) is 0.935. The fraction of sp³-hybridized carbons (Fsp3) is 0.353. The first-order valence-corrected chi connectivity index (χ1v) is 8.78. The minimum Gasteiger partial charge on any atom is -0.320 e. The van der Waals surface area contributed by atoms with Gasteiger partial charge in [0.25, 0.3) is 0 Å². The molecular weight excluding hydrogens is 308 g/mol. The topological polar surface area (TPSA) is 58.1 Å². The van der Waals surface area contributed by atoms with Gasteiger partial charge in [0.05, 0.1) is 18.1 Å². The summed E-state index contributed by atoms with van der Waals surface area (Å²) in [7, 11) is 0. The minimum atomic E-state index is -0.0887. The molecule has 118 valence electrons. The van der Waals surface area contributed by atoms with Crippen LogP contribution in [-0.4, -0.2) is 34.0 Å². The SMILES string of the molecule is O=C(Nc1cnc(C2CC2)nc1)N1CC=C(c2cccs2)CC1. The van der Waals surface area contributed by atoms with Gasteiger partial charge in [-0.3, -0.25) is 0 Å². The predicted molar refractivity (Wildman–Crippen MR) is 91.5 cm³/mol. The lowest BCUT2D eigenvalue weighted by Gasteiger charge is -2.26. The Kier molecular flexibility index (Phi) is 3.83. The molecule has 2 aromatic rings. The van der Waals surface area contributed by atoms with Gasteiger partial charge in [0.2, 0.25) is 0 Å². The molecule has 1 N–H and O–H groups in total. The number of amides is 2. The minimum absolute atomic E-state index is 0.0887. The molecule has 23 heavy (non-hydrogen) atoms. The van der Waals surface area contributed by atoms with E-state index in [4.69, 9.17) is 0 Å². The summed E-state index contributed by atoms with van der Waals surface area (Å²) in [5.41, 5.74) is 1.99. The third-order valence-electron chi connectivity index (χ3n) is 4.20. The molecule has 4 rings (SSSR count). The molecule has 2 aliphatic rings. The van der Waals surface area contributed by atoms with Gasteiger partial charge in [-0.05, 0) is 36.3 Å². The maximum atomic E-state index is 12.3. The van der Waals surface area contributed by atoms with E-state index in [1.807, 2.05) is 4.90 Å². The van der Waals surface area contributed by atoms with Crippen LogP contribution in [0.2, 0.25) is 0 Å². The summed E-state index contributed by atoms with van der Waals surface area (Å²) >= 11 is 1.75. The van der Waals surface area contributed by atoms with Gasteiger partial charge in [0.15, 0.2) is 0 Å². The molecule has 1 saturated carbocycles. The Morgan fingerprint density at radius 1 is 1.30 bits per heavy atom. The normalized spacial score (nSPS) is 17.7. The molecule has 3 heterocycles. The van der Waals surface area contributed by atoms with Gasteiger partial charge in [-0.25, -0.2) is 14.8 Å². The van der Waals surface area contributed by atoms with E-state index in [0.29, 0.717) is 18.2 Å². The Labute approximate surface area is 139 Å². The molecule has 1 aliphatic carbocycles. The van der Waals surface area contributed by atoms with Crippen molar-refractivity contribution in [1.82, 2.24) is 14.9 Å². The first-order valence-electron chi connectivity index (χ1n) is 7.90. The van der Waals surface area contributed by atoms with E-state index in [1.54, 1.807) is 23.7 Å². The first kappa shape index (κ1) is 14.4. The van der Waals surface area contributed by atoms with Gasteiger partial charge >= 0.3 is 6.03 Å². The second-order valence-corrected chi connectivity index (χ2v) is 6.88. The van der Waals surface area contributed by atoms with Crippen molar-refractivity contribution in [2.75, 3.05) is 18.4 Å². The molecule has 0 radical (unpaired) electrons. The molecular formula is C17H18N4OS. The van der Waals surface area contributed by atoms with Crippen molar-refractivity contribution in [2.45, 2.75) is 25.2 Å². The summed E-state index contributed by atoms with van der Waals surface area (Å²) in [5.74, 6) is 1.42. The third kappa shape index (κ3) is 3.27. The lowest BCUT2D eigenvalue weighted by Crippen LogP contribution is -2.37. The fourth-order valence-electron chi connectivity index (χ4n) is 2.70. The van der Waals surface area contributed by atoms with Crippen LogP contribution in [0.3, 0.4) is 0 Å². The molecule has 1 aliphatic heterocycles. The van der Waals surface area contributed by atoms with Crippen LogP contribution in [0.1, 0.15) is 35.9 Å². The highest BCUT2D eigenvalue weighted by atomic mass is 32.1. The molecule has 0 atom stereocenters. The maximum absolute atomic E-state index is 12.3. The fourth-order valence-corrected chi connectivity index (χ4v) is 3.49. The van der Waals surface area contributed by atoms with Gasteiger partial charge in [-0.2, -0.15) is 0 Å². The molecule has 0 saturated heterocycles. The Balaban J connectivity index is 1.36. The lowest BCUT2D eigenvalue weighted by molar-refractivity contribution is 0.217. The van der Waals surface area contributed by atoms with E-state index in [-0.39, 0.29) is 6.03 Å². The van der Waals surface area contributed by atoms with E-state index < -0.39 is 0 Å². The zero-order valence-electron chi connectivity index (χ0n) is 12.7. The number of aromatic nitrogens is 2. The van der Waals surface area contributed by atoms with Gasteiger partial charge in [-0.15, -0.1) is 11.3 Å². The number of nitrogens with one attached hydrogen (secondary N) is 1. The van der Waals surface area contributed by atoms with Crippen LogP contribution in [0.15, 0.2) is 36.0 Å². The lowest BCUT2D eigenvalue weighted by atomic mass is 10.1. The van der Waals surface area contributed by atoms with Crippen LogP contribution in [-0.2, 0) is 0 Å². The first-order chi connectivity index (χ1) is 11.3. The molecule has 1 fully saturated rings. The number of carbonyl (C=O) groups is 1. The van der Waals surface area contributed by atoms with Crippen molar-refractivity contribution in [3.63, 3.8) is 0 Å². The average Bonchev–Trinajstić information content (AvgIpc) is 3.30. The van der Waals surface area contributed by atoms with E-state index in [9.17, 15) is 4.79 Å². The molecule has 0 unspecified atom stereocenters. The average molecular weight is 326 g/mol. The smallest absolute Gasteiger partial charge is 0.320 e. The van der Waals surface area contributed by atoms with E-state index in [0.717, 1.165) is 18.8 Å². The number of carbonyl (C=O) groups excluding carboxylic acids is 1. The van der Waals surface area contributed by atoms with Crippen LogP contribution in [0.25, 0.3) is 5.57 Å². The second-order valence-electron chi connectivity index (χ2n) is 5.94. The molecule has 5 nitrogen and oxygen atoms in total. The Hall–Kier alpha value is -2.21. The maximum Gasteiger partial charge on any atom is 0.322 e. The Morgan fingerprint density at radius 2 is 2.13 bits per heavy atom. The van der Waals surface area contributed by atoms with Crippen molar-refractivity contribution in [3.8, 4) is 0 Å². The highest BCUT2D eigenvalue weighted by molar-refractivity contribution is 7.11. The number of nitrogens with zero attached hydrogens (tertiary/aromatic N) is 3. The Morgan fingerprint density at radius 3 is 2.74 bits per heavy atom. The van der Waals surface area contributed by atoms with Crippen LogP contribution >= 0.6 is 11.3 Å². The molecule has 0 aromatic carbocycles. The molecule has 0 bridgehead atoms. The third-order valence-corrected chi connectivity index (χ3v) is 5.15. The zero-order valence-corrected chi connectivity index (χ0v) is 13.6. The van der Waals surface area contributed by atoms with E-state index in [2.05, 4.69) is 38.9 Å².